The number of piperidine rings is 1. The average molecular weight is 490 g/mol. The van der Waals surface area contributed by atoms with Gasteiger partial charge < -0.3 is 40.0 Å². The monoisotopic (exact) mass is 489 g/mol. The van der Waals surface area contributed by atoms with E-state index in [9.17, 15) is 9.90 Å². The number of carbonyl (C=O) groups excluding carboxylic acids is 1. The normalized spacial score (nSPS) is 15.0. The minimum Gasteiger partial charge on any atom is -0.490 e. The maximum Gasteiger partial charge on any atom is 0.410 e. The molecule has 3 heterocycles. The minimum atomic E-state index is -0.854. The van der Waals surface area contributed by atoms with Crippen LogP contribution in [0, 0.1) is 6.92 Å². The second-order valence-electron chi connectivity index (χ2n) is 8.65. The Morgan fingerprint density at radius 2 is 2.03 bits per heavy atom. The van der Waals surface area contributed by atoms with Crippen LogP contribution in [0.15, 0.2) is 24.5 Å². The summed E-state index contributed by atoms with van der Waals surface area (Å²) in [5.74, 6) is 2.11. The van der Waals surface area contributed by atoms with Crippen molar-refractivity contribution in [3.05, 3.63) is 30.1 Å². The average Bonchev–Trinajstić information content (AvgIpc) is 2.84. The molecule has 192 valence electrons. The molecule has 4 N–H and O–H groups in total. The first-order valence-corrected chi connectivity index (χ1v) is 11.7. The van der Waals surface area contributed by atoms with E-state index in [-0.39, 0.29) is 31.5 Å². The Kier molecular flexibility index (Phi) is 9.32. The predicted molar refractivity (Wildman–Crippen MR) is 131 cm³/mol. The molecule has 11 nitrogen and oxygen atoms in total. The highest BCUT2D eigenvalue weighted by Crippen LogP contribution is 2.37. The van der Waals surface area contributed by atoms with Crippen molar-refractivity contribution in [1.82, 2.24) is 14.9 Å². The number of hydrogen-bond donors (Lipinski definition) is 4. The number of anilines is 3. The molecule has 0 radical (unpaired) electrons. The van der Waals surface area contributed by atoms with Crippen LogP contribution in [-0.4, -0.2) is 82.8 Å². The van der Waals surface area contributed by atoms with Crippen LogP contribution in [0.4, 0.5) is 22.1 Å². The number of nitrogens with zero attached hydrogens (tertiary/aromatic N) is 3. The molecule has 35 heavy (non-hydrogen) atoms. The summed E-state index contributed by atoms with van der Waals surface area (Å²) in [4.78, 5) is 22.6. The quantitative estimate of drug-likeness (QED) is 0.394. The number of amides is 1. The van der Waals surface area contributed by atoms with Crippen LogP contribution < -0.4 is 20.1 Å². The van der Waals surface area contributed by atoms with Gasteiger partial charge in [-0.3, -0.25) is 0 Å². The maximum absolute atomic E-state index is 12.1. The van der Waals surface area contributed by atoms with Crippen molar-refractivity contribution < 1.29 is 29.2 Å². The molecule has 1 atom stereocenters. The number of rotatable bonds is 10. The summed E-state index contributed by atoms with van der Waals surface area (Å²) in [7, 11) is 1.56. The first-order chi connectivity index (χ1) is 16.8. The molecule has 0 bridgehead atoms. The lowest BCUT2D eigenvalue weighted by atomic mass is 10.1. The number of aliphatic hydroxyl groups excluding tert-OH is 2. The van der Waals surface area contributed by atoms with E-state index in [1.54, 1.807) is 30.5 Å². The summed E-state index contributed by atoms with van der Waals surface area (Å²) in [6.45, 7) is 6.60. The van der Waals surface area contributed by atoms with Crippen LogP contribution in [0.3, 0.4) is 0 Å². The Labute approximate surface area is 205 Å². The number of methoxy groups -OCH3 is 1. The van der Waals surface area contributed by atoms with Crippen molar-refractivity contribution in [2.75, 3.05) is 44.0 Å². The van der Waals surface area contributed by atoms with Crippen LogP contribution in [0.2, 0.25) is 0 Å². The van der Waals surface area contributed by atoms with Gasteiger partial charge in [0.25, 0.3) is 0 Å². The maximum atomic E-state index is 12.1. The summed E-state index contributed by atoms with van der Waals surface area (Å²) in [6.07, 6.45) is 3.31. The number of nitrogens with one attached hydrogen (secondary N) is 2. The predicted octanol–water partition coefficient (Wildman–Crippen LogP) is 2.69. The largest absolute Gasteiger partial charge is 0.490 e. The first-order valence-electron chi connectivity index (χ1n) is 11.7. The van der Waals surface area contributed by atoms with E-state index in [0.29, 0.717) is 49.1 Å². The third-order valence-electron chi connectivity index (χ3n) is 5.50. The van der Waals surface area contributed by atoms with Crippen molar-refractivity contribution in [2.45, 2.75) is 51.9 Å². The van der Waals surface area contributed by atoms with Crippen molar-refractivity contribution in [3.8, 4) is 11.5 Å². The van der Waals surface area contributed by atoms with E-state index in [1.165, 1.54) is 0 Å². The third-order valence-corrected chi connectivity index (χ3v) is 5.50. The molecule has 0 spiro atoms. The number of aromatic nitrogens is 2. The van der Waals surface area contributed by atoms with Gasteiger partial charge in [0, 0.05) is 44.7 Å². The second kappa shape index (κ2) is 12.4. The number of ether oxygens (including phenoxy) is 3. The van der Waals surface area contributed by atoms with E-state index >= 15 is 0 Å². The third kappa shape index (κ3) is 7.33. The molecule has 2 aromatic heterocycles. The molecule has 1 aliphatic rings. The zero-order valence-corrected chi connectivity index (χ0v) is 20.7. The molecule has 1 fully saturated rings. The molecule has 1 aliphatic heterocycles. The van der Waals surface area contributed by atoms with Crippen molar-refractivity contribution in [1.29, 1.82) is 0 Å². The van der Waals surface area contributed by atoms with Crippen LogP contribution in [0.5, 0.6) is 11.5 Å². The van der Waals surface area contributed by atoms with E-state index in [2.05, 4.69) is 20.6 Å². The lowest BCUT2D eigenvalue weighted by Crippen LogP contribution is -2.42. The Morgan fingerprint density at radius 3 is 2.66 bits per heavy atom. The summed E-state index contributed by atoms with van der Waals surface area (Å²) in [5, 5.41) is 24.7. The van der Waals surface area contributed by atoms with Gasteiger partial charge in [-0.2, -0.15) is 0 Å². The highest BCUT2D eigenvalue weighted by molar-refractivity contribution is 5.69. The fourth-order valence-electron chi connectivity index (χ4n) is 3.62. The molecule has 1 saturated heterocycles. The van der Waals surface area contributed by atoms with Gasteiger partial charge in [-0.25, -0.2) is 14.8 Å². The smallest absolute Gasteiger partial charge is 0.410 e. The van der Waals surface area contributed by atoms with Gasteiger partial charge in [-0.15, -0.1) is 0 Å². The minimum absolute atomic E-state index is 0.0646. The van der Waals surface area contributed by atoms with E-state index in [0.717, 1.165) is 11.3 Å². The van der Waals surface area contributed by atoms with E-state index in [4.69, 9.17) is 19.3 Å². The SMILES string of the molecule is COc1c(OC2CCN(C(=O)OC(C)C)CC2)ccnc1Nc1cnc(NC[C@H](O)CO)cc1C. The van der Waals surface area contributed by atoms with Gasteiger partial charge in [0.2, 0.25) is 5.75 Å². The fraction of sp³-hybridized carbons (Fsp3) is 0.542. The summed E-state index contributed by atoms with van der Waals surface area (Å²) >= 11 is 0. The van der Waals surface area contributed by atoms with Gasteiger partial charge in [0.1, 0.15) is 11.9 Å². The van der Waals surface area contributed by atoms with Crippen LogP contribution in [0.1, 0.15) is 32.3 Å². The molecule has 0 aliphatic carbocycles. The fourth-order valence-corrected chi connectivity index (χ4v) is 3.62. The number of pyridine rings is 2. The second-order valence-corrected chi connectivity index (χ2v) is 8.65. The Bertz CT molecular complexity index is 981. The number of aryl methyl sites for hydroxylation is 1. The lowest BCUT2D eigenvalue weighted by Gasteiger charge is -2.32. The zero-order chi connectivity index (χ0) is 25.4. The molecule has 3 rings (SSSR count). The topological polar surface area (TPSA) is 138 Å². The van der Waals surface area contributed by atoms with Crippen LogP contribution >= 0.6 is 0 Å². The Morgan fingerprint density at radius 1 is 1.29 bits per heavy atom. The Hall–Kier alpha value is -3.31. The summed E-state index contributed by atoms with van der Waals surface area (Å²) in [5.41, 5.74) is 1.63. The standard InChI is InChI=1S/C24H35N5O6/c1-15(2)34-24(32)29-9-6-18(7-10-29)35-20-5-8-25-23(22(20)33-4)28-19-13-27-21(11-16(19)3)26-12-17(31)14-30/h5,8,11,13,15,17-18,30-31H,6-7,9-10,12,14H2,1-4H3,(H,25,28)(H,26,27)/t17-/m0/s1. The summed E-state index contributed by atoms with van der Waals surface area (Å²) in [6, 6.07) is 3.59. The van der Waals surface area contributed by atoms with Crippen molar-refractivity contribution >= 4 is 23.4 Å². The zero-order valence-electron chi connectivity index (χ0n) is 20.7. The number of aliphatic hydroxyl groups is 2. The molecular formula is C24H35N5O6. The van der Waals surface area contributed by atoms with Crippen molar-refractivity contribution in [2.24, 2.45) is 0 Å². The molecule has 11 heteroatoms. The molecular weight excluding hydrogens is 454 g/mol. The molecule has 1 amide bonds. The number of carbonyl (C=O) groups is 1. The summed E-state index contributed by atoms with van der Waals surface area (Å²) < 4.78 is 17.1. The van der Waals surface area contributed by atoms with Gasteiger partial charge in [-0.1, -0.05) is 0 Å². The highest BCUT2D eigenvalue weighted by Gasteiger charge is 2.26. The molecule has 2 aromatic rings. The number of hydrogen-bond acceptors (Lipinski definition) is 10. The van der Waals surface area contributed by atoms with Crippen LogP contribution in [0.25, 0.3) is 0 Å². The van der Waals surface area contributed by atoms with Gasteiger partial charge in [0.15, 0.2) is 11.6 Å². The molecule has 0 saturated carbocycles. The first kappa shape index (κ1) is 26.3. The van der Waals surface area contributed by atoms with Crippen molar-refractivity contribution in [3.63, 3.8) is 0 Å². The van der Waals surface area contributed by atoms with Gasteiger partial charge in [0.05, 0.1) is 37.8 Å². The van der Waals surface area contributed by atoms with E-state index in [1.807, 2.05) is 26.8 Å². The van der Waals surface area contributed by atoms with Crippen LogP contribution in [-0.2, 0) is 4.74 Å². The Balaban J connectivity index is 1.64. The van der Waals surface area contributed by atoms with Gasteiger partial charge >= 0.3 is 6.09 Å². The highest BCUT2D eigenvalue weighted by atomic mass is 16.6. The van der Waals surface area contributed by atoms with Gasteiger partial charge in [-0.05, 0) is 32.4 Å². The molecule has 0 unspecified atom stereocenters. The lowest BCUT2D eigenvalue weighted by molar-refractivity contribution is 0.0511. The number of likely N-dealkylation sites (tertiary alicyclic amines) is 1. The van der Waals surface area contributed by atoms with E-state index < -0.39 is 6.10 Å². The molecule has 0 aromatic carbocycles.